The zero-order valence-corrected chi connectivity index (χ0v) is 15.2. The minimum atomic E-state index is -0.473. The Bertz CT molecular complexity index is 687. The molecule has 0 radical (unpaired) electrons. The molecule has 7 heteroatoms. The second kappa shape index (κ2) is 6.46. The first-order valence-corrected chi connectivity index (χ1v) is 8.48. The summed E-state index contributed by atoms with van der Waals surface area (Å²) < 4.78 is 11.3. The van der Waals surface area contributed by atoms with Gasteiger partial charge >= 0.3 is 6.03 Å². The molecule has 25 heavy (non-hydrogen) atoms. The van der Waals surface area contributed by atoms with E-state index in [0.29, 0.717) is 49.9 Å². The van der Waals surface area contributed by atoms with E-state index in [1.807, 2.05) is 24.8 Å². The Labute approximate surface area is 148 Å². The fourth-order valence-electron chi connectivity index (χ4n) is 3.36. The van der Waals surface area contributed by atoms with Gasteiger partial charge in [-0.25, -0.2) is 4.79 Å². The van der Waals surface area contributed by atoms with Crippen molar-refractivity contribution < 1.29 is 19.1 Å². The van der Waals surface area contributed by atoms with Gasteiger partial charge in [-0.15, -0.1) is 0 Å². The van der Waals surface area contributed by atoms with E-state index in [1.54, 1.807) is 36.0 Å². The van der Waals surface area contributed by atoms with Gasteiger partial charge in [0.1, 0.15) is 13.2 Å². The summed E-state index contributed by atoms with van der Waals surface area (Å²) >= 11 is 0. The molecule has 0 atom stereocenters. The lowest BCUT2D eigenvalue weighted by atomic mass is 9.97. The zero-order chi connectivity index (χ0) is 18.2. The third kappa shape index (κ3) is 3.23. The van der Waals surface area contributed by atoms with Crippen molar-refractivity contribution in [2.24, 2.45) is 0 Å². The monoisotopic (exact) mass is 347 g/mol. The molecular formula is C18H25N3O4. The summed E-state index contributed by atoms with van der Waals surface area (Å²) in [5.74, 6) is 1.03. The van der Waals surface area contributed by atoms with Crippen molar-refractivity contribution in [1.82, 2.24) is 14.7 Å². The van der Waals surface area contributed by atoms with Gasteiger partial charge < -0.3 is 24.2 Å². The van der Waals surface area contributed by atoms with Crippen LogP contribution >= 0.6 is 0 Å². The van der Waals surface area contributed by atoms with Crippen molar-refractivity contribution in [3.05, 3.63) is 23.8 Å². The molecule has 2 heterocycles. The van der Waals surface area contributed by atoms with Crippen molar-refractivity contribution in [3.63, 3.8) is 0 Å². The van der Waals surface area contributed by atoms with Gasteiger partial charge in [-0.3, -0.25) is 4.79 Å². The number of hydrogen-bond donors (Lipinski definition) is 0. The van der Waals surface area contributed by atoms with Gasteiger partial charge in [-0.1, -0.05) is 6.07 Å². The number of para-hydroxylation sites is 1. The molecule has 7 nitrogen and oxygen atoms in total. The number of carbonyl (C=O) groups excluding carboxylic acids is 2. The number of ether oxygens (including phenoxy) is 2. The van der Waals surface area contributed by atoms with Crippen LogP contribution in [0.1, 0.15) is 24.2 Å². The van der Waals surface area contributed by atoms with Crippen molar-refractivity contribution in [2.45, 2.75) is 19.4 Å². The molecule has 0 unspecified atom stereocenters. The minimum absolute atomic E-state index is 0.0333. The van der Waals surface area contributed by atoms with E-state index in [1.165, 1.54) is 0 Å². The maximum atomic E-state index is 13.2. The van der Waals surface area contributed by atoms with Crippen LogP contribution in [0.4, 0.5) is 4.79 Å². The third-order valence-electron chi connectivity index (χ3n) is 4.60. The standard InChI is InChI=1S/C18H25N3O4/c1-18(2)12-20(17(23)19(3)4)8-9-21(18)16(22)13-6-5-7-14-15(13)25-11-10-24-14/h5-7H,8-12H2,1-4H3. The number of fused-ring (bicyclic) bond motifs is 1. The summed E-state index contributed by atoms with van der Waals surface area (Å²) in [5, 5.41) is 0. The molecule has 0 saturated carbocycles. The number of nitrogens with zero attached hydrogens (tertiary/aromatic N) is 3. The van der Waals surface area contributed by atoms with Crippen molar-refractivity contribution in [2.75, 3.05) is 46.9 Å². The Morgan fingerprint density at radius 3 is 2.52 bits per heavy atom. The highest BCUT2D eigenvalue weighted by Gasteiger charge is 2.40. The van der Waals surface area contributed by atoms with E-state index in [-0.39, 0.29) is 11.9 Å². The van der Waals surface area contributed by atoms with Crippen LogP contribution in [0.15, 0.2) is 18.2 Å². The normalized spacial score (nSPS) is 18.7. The van der Waals surface area contributed by atoms with Crippen molar-refractivity contribution >= 4 is 11.9 Å². The van der Waals surface area contributed by atoms with Gasteiger partial charge in [0.05, 0.1) is 11.1 Å². The molecule has 2 aliphatic rings. The van der Waals surface area contributed by atoms with Crippen LogP contribution in [0.25, 0.3) is 0 Å². The molecule has 0 aliphatic carbocycles. The van der Waals surface area contributed by atoms with E-state index in [0.717, 1.165) is 0 Å². The first-order valence-electron chi connectivity index (χ1n) is 8.48. The smallest absolute Gasteiger partial charge is 0.319 e. The summed E-state index contributed by atoms with van der Waals surface area (Å²) in [6.45, 7) is 6.36. The van der Waals surface area contributed by atoms with Crippen LogP contribution in [0.3, 0.4) is 0 Å². The maximum absolute atomic E-state index is 13.2. The van der Waals surface area contributed by atoms with E-state index in [4.69, 9.17) is 9.47 Å². The topological polar surface area (TPSA) is 62.3 Å². The lowest BCUT2D eigenvalue weighted by Crippen LogP contribution is -2.63. The second-order valence-corrected chi connectivity index (χ2v) is 7.20. The summed E-state index contributed by atoms with van der Waals surface area (Å²) in [6, 6.07) is 5.35. The molecule has 0 bridgehead atoms. The summed E-state index contributed by atoms with van der Waals surface area (Å²) in [7, 11) is 3.47. The fraction of sp³-hybridized carbons (Fsp3) is 0.556. The number of carbonyl (C=O) groups is 2. The predicted octanol–water partition coefficient (Wildman–Crippen LogP) is 1.68. The predicted molar refractivity (Wildman–Crippen MR) is 93.2 cm³/mol. The van der Waals surface area contributed by atoms with Gasteiger partial charge in [0.25, 0.3) is 5.91 Å². The average Bonchev–Trinajstić information content (AvgIpc) is 2.59. The number of benzene rings is 1. The summed E-state index contributed by atoms with van der Waals surface area (Å²) in [5.41, 5.74) is 0.0388. The first-order chi connectivity index (χ1) is 11.8. The molecule has 1 aromatic rings. The van der Waals surface area contributed by atoms with Crippen LogP contribution in [0.2, 0.25) is 0 Å². The molecule has 3 rings (SSSR count). The molecule has 0 N–H and O–H groups in total. The third-order valence-corrected chi connectivity index (χ3v) is 4.60. The second-order valence-electron chi connectivity index (χ2n) is 7.20. The van der Waals surface area contributed by atoms with Crippen LogP contribution in [-0.4, -0.2) is 79.1 Å². The van der Waals surface area contributed by atoms with Gasteiger partial charge in [-0.2, -0.15) is 0 Å². The molecule has 1 fully saturated rings. The SMILES string of the molecule is CN(C)C(=O)N1CCN(C(=O)c2cccc3c2OCCO3)C(C)(C)C1. The molecule has 1 aromatic carbocycles. The molecular weight excluding hydrogens is 322 g/mol. The number of urea groups is 1. The maximum Gasteiger partial charge on any atom is 0.319 e. The Morgan fingerprint density at radius 1 is 1.12 bits per heavy atom. The van der Waals surface area contributed by atoms with Crippen LogP contribution in [0, 0.1) is 0 Å². The van der Waals surface area contributed by atoms with E-state index >= 15 is 0 Å². The van der Waals surface area contributed by atoms with Crippen LogP contribution in [0.5, 0.6) is 11.5 Å². The Hall–Kier alpha value is -2.44. The van der Waals surface area contributed by atoms with E-state index in [2.05, 4.69) is 0 Å². The lowest BCUT2D eigenvalue weighted by Gasteiger charge is -2.47. The molecule has 0 spiro atoms. The lowest BCUT2D eigenvalue weighted by molar-refractivity contribution is 0.0235. The van der Waals surface area contributed by atoms with E-state index in [9.17, 15) is 9.59 Å². The Kier molecular flexibility index (Phi) is 4.49. The summed E-state index contributed by atoms with van der Waals surface area (Å²) in [4.78, 5) is 30.6. The van der Waals surface area contributed by atoms with Gasteiger partial charge in [-0.05, 0) is 26.0 Å². The highest BCUT2D eigenvalue weighted by molar-refractivity contribution is 5.98. The molecule has 0 aromatic heterocycles. The molecule has 2 aliphatic heterocycles. The number of rotatable bonds is 1. The minimum Gasteiger partial charge on any atom is -0.486 e. The quantitative estimate of drug-likeness (QED) is 0.775. The first kappa shape index (κ1) is 17.4. The highest BCUT2D eigenvalue weighted by atomic mass is 16.6. The highest BCUT2D eigenvalue weighted by Crippen LogP contribution is 2.35. The van der Waals surface area contributed by atoms with Gasteiger partial charge in [0.2, 0.25) is 0 Å². The Balaban J connectivity index is 1.83. The van der Waals surface area contributed by atoms with E-state index < -0.39 is 5.54 Å². The van der Waals surface area contributed by atoms with Crippen molar-refractivity contribution in [1.29, 1.82) is 0 Å². The largest absolute Gasteiger partial charge is 0.486 e. The Morgan fingerprint density at radius 2 is 1.84 bits per heavy atom. The van der Waals surface area contributed by atoms with Gasteiger partial charge in [0.15, 0.2) is 11.5 Å². The van der Waals surface area contributed by atoms with Crippen LogP contribution < -0.4 is 9.47 Å². The molecule has 3 amide bonds. The zero-order valence-electron chi connectivity index (χ0n) is 15.2. The fourth-order valence-corrected chi connectivity index (χ4v) is 3.36. The van der Waals surface area contributed by atoms with Crippen molar-refractivity contribution in [3.8, 4) is 11.5 Å². The number of hydrogen-bond acceptors (Lipinski definition) is 4. The van der Waals surface area contributed by atoms with Crippen LogP contribution in [-0.2, 0) is 0 Å². The molecule has 1 saturated heterocycles. The average molecular weight is 347 g/mol. The number of amides is 3. The molecule has 136 valence electrons. The number of piperazine rings is 1. The summed E-state index contributed by atoms with van der Waals surface area (Å²) in [6.07, 6.45) is 0. The van der Waals surface area contributed by atoms with Gasteiger partial charge in [0, 0.05) is 33.7 Å².